The van der Waals surface area contributed by atoms with Gasteiger partial charge < -0.3 is 5.32 Å². The summed E-state index contributed by atoms with van der Waals surface area (Å²) in [6.45, 7) is 0.699. The minimum Gasteiger partial charge on any atom is -0.310 e. The van der Waals surface area contributed by atoms with Crippen molar-refractivity contribution in [1.29, 1.82) is 0 Å². The van der Waals surface area contributed by atoms with Crippen LogP contribution in [0.3, 0.4) is 0 Å². The van der Waals surface area contributed by atoms with E-state index in [1.807, 2.05) is 0 Å². The Morgan fingerprint density at radius 1 is 1.47 bits per heavy atom. The van der Waals surface area contributed by atoms with Crippen molar-refractivity contribution in [3.8, 4) is 12.3 Å². The SMILES string of the molecule is C#CCCCNC1CCS(=O)(=O)c2ccc(F)cc21. The number of sulfone groups is 1. The summed E-state index contributed by atoms with van der Waals surface area (Å²) < 4.78 is 37.2. The Labute approximate surface area is 113 Å². The predicted octanol–water partition coefficient (Wildman–Crippen LogP) is 2.05. The number of unbranched alkanes of at least 4 members (excludes halogenated alkanes) is 1. The van der Waals surface area contributed by atoms with E-state index in [1.165, 1.54) is 18.2 Å². The van der Waals surface area contributed by atoms with Crippen molar-refractivity contribution in [2.75, 3.05) is 12.3 Å². The Bertz CT molecular complexity index is 604. The van der Waals surface area contributed by atoms with Crippen LogP contribution in [0.15, 0.2) is 23.1 Å². The first-order valence-corrected chi connectivity index (χ1v) is 7.89. The van der Waals surface area contributed by atoms with Crippen LogP contribution in [0.1, 0.15) is 30.9 Å². The van der Waals surface area contributed by atoms with Crippen LogP contribution in [0.25, 0.3) is 0 Å². The first-order valence-electron chi connectivity index (χ1n) is 6.23. The van der Waals surface area contributed by atoms with E-state index in [2.05, 4.69) is 11.2 Å². The Morgan fingerprint density at radius 2 is 2.26 bits per heavy atom. The molecule has 1 aliphatic heterocycles. The van der Waals surface area contributed by atoms with E-state index < -0.39 is 15.7 Å². The minimum atomic E-state index is -3.27. The molecule has 0 fully saturated rings. The first-order chi connectivity index (χ1) is 9.04. The van der Waals surface area contributed by atoms with Crippen molar-refractivity contribution in [3.63, 3.8) is 0 Å². The fourth-order valence-corrected chi connectivity index (χ4v) is 3.89. The summed E-state index contributed by atoms with van der Waals surface area (Å²) in [7, 11) is -3.27. The van der Waals surface area contributed by atoms with Gasteiger partial charge in [0.15, 0.2) is 9.84 Å². The maximum Gasteiger partial charge on any atom is 0.178 e. The zero-order valence-corrected chi connectivity index (χ0v) is 11.3. The molecule has 102 valence electrons. The van der Waals surface area contributed by atoms with Crippen molar-refractivity contribution in [2.45, 2.75) is 30.2 Å². The lowest BCUT2D eigenvalue weighted by Gasteiger charge is -2.26. The molecule has 0 aromatic heterocycles. The van der Waals surface area contributed by atoms with Gasteiger partial charge in [-0.05, 0) is 43.1 Å². The summed E-state index contributed by atoms with van der Waals surface area (Å²) in [6.07, 6.45) is 7.14. The van der Waals surface area contributed by atoms with E-state index in [-0.39, 0.29) is 16.7 Å². The van der Waals surface area contributed by atoms with Crippen LogP contribution < -0.4 is 5.32 Å². The van der Waals surface area contributed by atoms with Gasteiger partial charge >= 0.3 is 0 Å². The predicted molar refractivity (Wildman–Crippen MR) is 71.9 cm³/mol. The highest BCUT2D eigenvalue weighted by molar-refractivity contribution is 7.91. The highest BCUT2D eigenvalue weighted by Gasteiger charge is 2.30. The van der Waals surface area contributed by atoms with Gasteiger partial charge in [0, 0.05) is 12.5 Å². The van der Waals surface area contributed by atoms with E-state index in [9.17, 15) is 12.8 Å². The topological polar surface area (TPSA) is 46.2 Å². The normalized spacial score (nSPS) is 20.5. The van der Waals surface area contributed by atoms with Crippen LogP contribution in [0.4, 0.5) is 4.39 Å². The zero-order valence-electron chi connectivity index (χ0n) is 10.5. The zero-order chi connectivity index (χ0) is 13.9. The van der Waals surface area contributed by atoms with Crippen molar-refractivity contribution < 1.29 is 12.8 Å². The molecule has 3 nitrogen and oxygen atoms in total. The van der Waals surface area contributed by atoms with Gasteiger partial charge in [0.2, 0.25) is 0 Å². The standard InChI is InChI=1S/C14H16FNO2S/c1-2-3-4-8-16-13-7-9-19(17,18)14-6-5-11(15)10-12(13)14/h1,5-6,10,13,16H,3-4,7-9H2. The maximum absolute atomic E-state index is 13.3. The molecule has 0 radical (unpaired) electrons. The van der Waals surface area contributed by atoms with Crippen LogP contribution in [0, 0.1) is 18.2 Å². The van der Waals surface area contributed by atoms with Crippen LogP contribution in [-0.4, -0.2) is 20.7 Å². The summed E-state index contributed by atoms with van der Waals surface area (Å²) in [4.78, 5) is 0.245. The Morgan fingerprint density at radius 3 is 3.00 bits per heavy atom. The molecule has 2 rings (SSSR count). The quantitative estimate of drug-likeness (QED) is 0.522. The van der Waals surface area contributed by atoms with Gasteiger partial charge in [0.1, 0.15) is 5.82 Å². The summed E-state index contributed by atoms with van der Waals surface area (Å²) in [6, 6.07) is 3.74. The average Bonchev–Trinajstić information content (AvgIpc) is 2.36. The van der Waals surface area contributed by atoms with Crippen molar-refractivity contribution in [1.82, 2.24) is 5.32 Å². The number of hydrogen-bond donors (Lipinski definition) is 1. The second-order valence-corrected chi connectivity index (χ2v) is 6.68. The second kappa shape index (κ2) is 5.72. The molecule has 1 aliphatic rings. The fourth-order valence-electron chi connectivity index (χ4n) is 2.29. The number of rotatable bonds is 4. The monoisotopic (exact) mass is 281 g/mol. The Kier molecular flexibility index (Phi) is 4.23. The molecule has 0 saturated carbocycles. The van der Waals surface area contributed by atoms with Gasteiger partial charge in [-0.3, -0.25) is 0 Å². The number of halogens is 1. The molecule has 1 aromatic carbocycles. The van der Waals surface area contributed by atoms with Gasteiger partial charge in [0.25, 0.3) is 0 Å². The molecule has 1 aromatic rings. The molecule has 0 saturated heterocycles. The largest absolute Gasteiger partial charge is 0.310 e. The van der Waals surface area contributed by atoms with Crippen LogP contribution in [0.2, 0.25) is 0 Å². The van der Waals surface area contributed by atoms with E-state index in [0.29, 0.717) is 24.9 Å². The number of terminal acetylenes is 1. The molecule has 0 aliphatic carbocycles. The first kappa shape index (κ1) is 14.0. The average molecular weight is 281 g/mol. The van der Waals surface area contributed by atoms with Crippen molar-refractivity contribution in [2.24, 2.45) is 0 Å². The molecule has 1 unspecified atom stereocenters. The molecule has 0 bridgehead atoms. The minimum absolute atomic E-state index is 0.0957. The van der Waals surface area contributed by atoms with Gasteiger partial charge in [-0.25, -0.2) is 12.8 Å². The van der Waals surface area contributed by atoms with Crippen LogP contribution >= 0.6 is 0 Å². The van der Waals surface area contributed by atoms with Gasteiger partial charge in [-0.1, -0.05) is 0 Å². The van der Waals surface area contributed by atoms with Crippen molar-refractivity contribution in [3.05, 3.63) is 29.6 Å². The molecule has 1 atom stereocenters. The molecule has 0 amide bonds. The van der Waals surface area contributed by atoms with Crippen LogP contribution in [-0.2, 0) is 9.84 Å². The summed E-state index contributed by atoms with van der Waals surface area (Å²) >= 11 is 0. The third-order valence-corrected chi connectivity index (χ3v) is 5.06. The molecule has 1 N–H and O–H groups in total. The van der Waals surface area contributed by atoms with E-state index in [0.717, 1.165) is 6.42 Å². The molecule has 0 spiro atoms. The number of nitrogens with one attached hydrogen (secondary N) is 1. The maximum atomic E-state index is 13.3. The van der Waals surface area contributed by atoms with E-state index >= 15 is 0 Å². The third-order valence-electron chi connectivity index (χ3n) is 3.25. The van der Waals surface area contributed by atoms with Gasteiger partial charge in [-0.15, -0.1) is 12.3 Å². The molecule has 19 heavy (non-hydrogen) atoms. The lowest BCUT2D eigenvalue weighted by molar-refractivity contribution is 0.484. The molecule has 5 heteroatoms. The molecule has 1 heterocycles. The van der Waals surface area contributed by atoms with Gasteiger partial charge in [0.05, 0.1) is 10.6 Å². The highest BCUT2D eigenvalue weighted by Crippen LogP contribution is 2.32. The lowest BCUT2D eigenvalue weighted by Crippen LogP contribution is -2.30. The summed E-state index contributed by atoms with van der Waals surface area (Å²) in [5.74, 6) is 2.24. The fraction of sp³-hybridized carbons (Fsp3) is 0.429. The summed E-state index contributed by atoms with van der Waals surface area (Å²) in [5, 5.41) is 3.25. The highest BCUT2D eigenvalue weighted by atomic mass is 32.2. The van der Waals surface area contributed by atoms with E-state index in [1.54, 1.807) is 0 Å². The smallest absolute Gasteiger partial charge is 0.178 e. The Hall–Kier alpha value is -1.38. The van der Waals surface area contributed by atoms with Crippen LogP contribution in [0.5, 0.6) is 0 Å². The molecular weight excluding hydrogens is 265 g/mol. The Balaban J connectivity index is 2.21. The van der Waals surface area contributed by atoms with Crippen molar-refractivity contribution >= 4 is 9.84 Å². The number of hydrogen-bond acceptors (Lipinski definition) is 3. The number of fused-ring (bicyclic) bond motifs is 1. The number of benzene rings is 1. The van der Waals surface area contributed by atoms with Gasteiger partial charge in [-0.2, -0.15) is 0 Å². The summed E-state index contributed by atoms with van der Waals surface area (Å²) in [5.41, 5.74) is 0.534. The second-order valence-electron chi connectivity index (χ2n) is 4.60. The molecular formula is C14H16FNO2S. The third kappa shape index (κ3) is 3.14. The lowest BCUT2D eigenvalue weighted by atomic mass is 10.0. The van der Waals surface area contributed by atoms with E-state index in [4.69, 9.17) is 6.42 Å².